The van der Waals surface area contributed by atoms with E-state index >= 15 is 0 Å². The topological polar surface area (TPSA) is 184 Å². The first-order valence-corrected chi connectivity index (χ1v) is 20.6. The van der Waals surface area contributed by atoms with Gasteiger partial charge in [-0.3, -0.25) is 13.9 Å². The van der Waals surface area contributed by atoms with Crippen molar-refractivity contribution in [3.63, 3.8) is 0 Å². The minimum atomic E-state index is -0.262. The molecule has 1 aromatic carbocycles. The second-order valence-electron chi connectivity index (χ2n) is 14.4. The number of aromatic amines is 1. The van der Waals surface area contributed by atoms with E-state index in [0.29, 0.717) is 134 Å². The van der Waals surface area contributed by atoms with Crippen molar-refractivity contribution in [2.45, 2.75) is 83.8 Å². The summed E-state index contributed by atoms with van der Waals surface area (Å²) in [6.07, 6.45) is 11.8. The lowest BCUT2D eigenvalue weighted by atomic mass is 9.89. The lowest BCUT2D eigenvalue weighted by Gasteiger charge is -2.24. The molecular weight excluding hydrogens is 722 g/mol. The molecule has 0 atom stereocenters. The molecule has 15 nitrogen and oxygen atoms in total. The van der Waals surface area contributed by atoms with Crippen LogP contribution in [0.1, 0.15) is 69.8 Å². The van der Waals surface area contributed by atoms with Crippen LogP contribution in [0.15, 0.2) is 33.9 Å². The standard InChI is InChI=1S/C26H35N5O2.C15H32O8/c27-15-18-11-13-21(14-12-18)23-28-22-24(29-23)30(16-19-7-3-1-4-8-19)26(33)31(25(22)32)17-20-9-5-2-6-10-20;1-17-4-5-19-8-9-21-12-13-23-15-14-22-11-10-20-7-6-18-3-2-16/h11-14,19-20H,1-10,15-17,27H2,(H,28,29);16H,2-15H2,1H3. The summed E-state index contributed by atoms with van der Waals surface area (Å²) in [5.41, 5.74) is 8.15. The average molecular weight is 790 g/mol. The number of ether oxygens (including phenoxy) is 7. The molecule has 2 aliphatic rings. The molecule has 2 aliphatic carbocycles. The molecular formula is C41H67N5O10. The van der Waals surface area contributed by atoms with E-state index in [-0.39, 0.29) is 17.9 Å². The number of H-pyrrole nitrogens is 1. The molecule has 2 fully saturated rings. The fraction of sp³-hybridized carbons (Fsp3) is 0.732. The minimum absolute atomic E-state index is 0.0380. The third-order valence-corrected chi connectivity index (χ3v) is 10.2. The van der Waals surface area contributed by atoms with Crippen LogP contribution in [-0.4, -0.2) is 124 Å². The van der Waals surface area contributed by atoms with Crippen molar-refractivity contribution in [2.24, 2.45) is 17.6 Å². The van der Waals surface area contributed by atoms with Crippen LogP contribution in [0.3, 0.4) is 0 Å². The molecule has 3 aromatic rings. The van der Waals surface area contributed by atoms with Gasteiger partial charge in [0, 0.05) is 32.3 Å². The fourth-order valence-electron chi connectivity index (χ4n) is 7.09. The Morgan fingerprint density at radius 3 is 1.55 bits per heavy atom. The smallest absolute Gasteiger partial charge is 0.332 e. The Morgan fingerprint density at radius 1 is 0.661 bits per heavy atom. The molecule has 0 saturated heterocycles. The number of imidazole rings is 1. The summed E-state index contributed by atoms with van der Waals surface area (Å²) in [4.78, 5) is 35.1. The zero-order valence-corrected chi connectivity index (χ0v) is 33.6. The second-order valence-corrected chi connectivity index (χ2v) is 14.4. The molecule has 0 unspecified atom stereocenters. The first kappa shape index (κ1) is 45.7. The number of hydrogen-bond acceptors (Lipinski definition) is 12. The van der Waals surface area contributed by atoms with Crippen LogP contribution in [-0.2, 0) is 52.8 Å². The number of benzene rings is 1. The highest BCUT2D eigenvalue weighted by Crippen LogP contribution is 2.27. The number of nitrogens with zero attached hydrogens (tertiary/aromatic N) is 3. The lowest BCUT2D eigenvalue weighted by molar-refractivity contribution is -0.0202. The summed E-state index contributed by atoms with van der Waals surface area (Å²) in [7, 11) is 1.64. The van der Waals surface area contributed by atoms with Gasteiger partial charge in [0.15, 0.2) is 5.52 Å². The second kappa shape index (κ2) is 27.6. The van der Waals surface area contributed by atoms with Crippen molar-refractivity contribution in [1.82, 2.24) is 19.1 Å². The SMILES string of the molecule is COCCOCCOCCOCCOCCOCCOCCO.NCc1ccc(-c2nc3c(=O)n(CC4CCCCC4)c(=O)n(CC4CCCCC4)c3[nH]2)cc1. The van der Waals surface area contributed by atoms with Gasteiger partial charge in [-0.05, 0) is 43.1 Å². The monoisotopic (exact) mass is 789 g/mol. The molecule has 15 heteroatoms. The molecule has 5 rings (SSSR count). The number of aliphatic hydroxyl groups is 1. The molecule has 56 heavy (non-hydrogen) atoms. The zero-order chi connectivity index (χ0) is 39.6. The highest BCUT2D eigenvalue weighted by atomic mass is 16.6. The predicted molar refractivity (Wildman–Crippen MR) is 215 cm³/mol. The van der Waals surface area contributed by atoms with Crippen LogP contribution in [0, 0.1) is 11.8 Å². The number of hydrogen-bond donors (Lipinski definition) is 3. The largest absolute Gasteiger partial charge is 0.394 e. The van der Waals surface area contributed by atoms with Gasteiger partial charge in [-0.15, -0.1) is 0 Å². The van der Waals surface area contributed by atoms with Crippen LogP contribution in [0.5, 0.6) is 0 Å². The van der Waals surface area contributed by atoms with Crippen molar-refractivity contribution in [3.8, 4) is 11.4 Å². The van der Waals surface area contributed by atoms with Crippen LogP contribution in [0.4, 0.5) is 0 Å². The lowest BCUT2D eigenvalue weighted by Crippen LogP contribution is -2.42. The Hall–Kier alpha value is -2.99. The van der Waals surface area contributed by atoms with E-state index in [1.165, 1.54) is 43.1 Å². The van der Waals surface area contributed by atoms with E-state index in [1.54, 1.807) is 11.7 Å². The zero-order valence-electron chi connectivity index (χ0n) is 33.6. The van der Waals surface area contributed by atoms with Crippen molar-refractivity contribution >= 4 is 11.2 Å². The first-order chi connectivity index (χ1) is 27.5. The van der Waals surface area contributed by atoms with E-state index in [0.717, 1.165) is 36.8 Å². The summed E-state index contributed by atoms with van der Waals surface area (Å²) in [6.45, 7) is 8.54. The van der Waals surface area contributed by atoms with Gasteiger partial charge < -0.3 is 49.0 Å². The third kappa shape index (κ3) is 16.1. The minimum Gasteiger partial charge on any atom is -0.394 e. The van der Waals surface area contributed by atoms with Crippen molar-refractivity contribution in [2.75, 3.05) is 99.6 Å². The van der Waals surface area contributed by atoms with Gasteiger partial charge in [0.05, 0.1) is 92.5 Å². The Balaban J connectivity index is 0.000000268. The molecule has 0 spiro atoms. The van der Waals surface area contributed by atoms with Crippen LogP contribution >= 0.6 is 0 Å². The molecule has 2 aromatic heterocycles. The van der Waals surface area contributed by atoms with Crippen molar-refractivity contribution in [3.05, 3.63) is 50.7 Å². The Labute approximate surface area is 331 Å². The molecule has 2 saturated carbocycles. The Morgan fingerprint density at radius 2 is 1.11 bits per heavy atom. The molecule has 4 N–H and O–H groups in total. The maximum absolute atomic E-state index is 13.6. The number of nitrogens with one attached hydrogen (secondary N) is 1. The summed E-state index contributed by atoms with van der Waals surface area (Å²) in [6, 6.07) is 7.87. The molecule has 0 aliphatic heterocycles. The maximum atomic E-state index is 13.6. The van der Waals surface area contributed by atoms with Crippen molar-refractivity contribution < 1.29 is 38.3 Å². The molecule has 0 bridgehead atoms. The maximum Gasteiger partial charge on any atom is 0.332 e. The van der Waals surface area contributed by atoms with Gasteiger partial charge in [0.2, 0.25) is 0 Å². The van der Waals surface area contributed by atoms with Crippen LogP contribution in [0.2, 0.25) is 0 Å². The quantitative estimate of drug-likeness (QED) is 0.1000. The molecule has 2 heterocycles. The Bertz CT molecular complexity index is 1560. The Kier molecular flexibility index (Phi) is 22.5. The van der Waals surface area contributed by atoms with E-state index in [4.69, 9.17) is 49.0 Å². The van der Waals surface area contributed by atoms with E-state index in [1.807, 2.05) is 24.3 Å². The number of aromatic nitrogens is 4. The van der Waals surface area contributed by atoms with Crippen LogP contribution < -0.4 is 17.0 Å². The molecule has 0 amide bonds. The first-order valence-electron chi connectivity index (χ1n) is 20.6. The van der Waals surface area contributed by atoms with Gasteiger partial charge in [-0.2, -0.15) is 0 Å². The number of methoxy groups -OCH3 is 1. The summed E-state index contributed by atoms with van der Waals surface area (Å²) >= 11 is 0. The highest BCUT2D eigenvalue weighted by Gasteiger charge is 2.24. The van der Waals surface area contributed by atoms with Gasteiger partial charge in [0.1, 0.15) is 11.5 Å². The van der Waals surface area contributed by atoms with Crippen LogP contribution in [0.25, 0.3) is 22.6 Å². The highest BCUT2D eigenvalue weighted by molar-refractivity contribution is 5.75. The summed E-state index contributed by atoms with van der Waals surface area (Å²) < 4.78 is 39.7. The summed E-state index contributed by atoms with van der Waals surface area (Å²) in [5.74, 6) is 1.49. The average Bonchev–Trinajstić information content (AvgIpc) is 3.69. The summed E-state index contributed by atoms with van der Waals surface area (Å²) in [5, 5.41) is 8.49. The molecule has 316 valence electrons. The van der Waals surface area contributed by atoms with Crippen molar-refractivity contribution in [1.29, 1.82) is 0 Å². The van der Waals surface area contributed by atoms with E-state index < -0.39 is 0 Å². The molecule has 0 radical (unpaired) electrons. The number of nitrogens with two attached hydrogens (primary N) is 1. The fourth-order valence-corrected chi connectivity index (χ4v) is 7.09. The van der Waals surface area contributed by atoms with Gasteiger partial charge >= 0.3 is 5.69 Å². The van der Waals surface area contributed by atoms with Gasteiger partial charge in [-0.1, -0.05) is 62.8 Å². The number of rotatable bonds is 26. The van der Waals surface area contributed by atoms with Gasteiger partial charge in [-0.25, -0.2) is 9.78 Å². The number of aliphatic hydroxyl groups excluding tert-OH is 1. The van der Waals surface area contributed by atoms with Gasteiger partial charge in [0.25, 0.3) is 5.56 Å². The predicted octanol–water partition coefficient (Wildman–Crippen LogP) is 3.90. The number of fused-ring (bicyclic) bond motifs is 1. The third-order valence-electron chi connectivity index (χ3n) is 10.2. The normalized spacial score (nSPS) is 15.3. The van der Waals surface area contributed by atoms with E-state index in [9.17, 15) is 9.59 Å². The van der Waals surface area contributed by atoms with E-state index in [2.05, 4.69) is 4.98 Å².